The van der Waals surface area contributed by atoms with Crippen molar-refractivity contribution in [2.75, 3.05) is 12.8 Å². The number of hydrazine groups is 1. The Balaban J connectivity index is 1.59. The molecule has 5 aromatic rings. The molecule has 37 heavy (non-hydrogen) atoms. The largest absolute Gasteiger partial charge is 0.383 e. The molecule has 2 amide bonds. The van der Waals surface area contributed by atoms with E-state index in [9.17, 15) is 9.59 Å². The molecule has 188 valence electrons. The van der Waals surface area contributed by atoms with Gasteiger partial charge in [-0.25, -0.2) is 19.4 Å². The summed E-state index contributed by atoms with van der Waals surface area (Å²) in [4.78, 5) is 34.9. The first-order chi connectivity index (χ1) is 17.7. The lowest BCUT2D eigenvalue weighted by Crippen LogP contribution is -2.46. The van der Waals surface area contributed by atoms with Crippen LogP contribution < -0.4 is 5.73 Å². The Kier molecular flexibility index (Phi) is 5.82. The van der Waals surface area contributed by atoms with Crippen molar-refractivity contribution in [3.63, 3.8) is 0 Å². The van der Waals surface area contributed by atoms with Crippen molar-refractivity contribution in [3.05, 3.63) is 71.9 Å². The van der Waals surface area contributed by atoms with Gasteiger partial charge in [0.1, 0.15) is 17.5 Å². The maximum Gasteiger partial charge on any atom is 0.275 e. The molecule has 3 heterocycles. The number of nitrogen functional groups attached to an aromatic ring is 1. The van der Waals surface area contributed by atoms with Gasteiger partial charge < -0.3 is 10.3 Å². The highest BCUT2D eigenvalue weighted by atomic mass is 19.1. The number of fused-ring (bicyclic) bond motifs is 3. The number of rotatable bonds is 4. The van der Waals surface area contributed by atoms with E-state index in [0.29, 0.717) is 33.3 Å². The number of amides is 2. The molecule has 0 spiro atoms. The molecule has 5 rings (SSSR count). The molecule has 0 unspecified atom stereocenters. The topological polar surface area (TPSA) is 115 Å². The molecule has 0 aliphatic rings. The van der Waals surface area contributed by atoms with Crippen LogP contribution in [0.5, 0.6) is 0 Å². The van der Waals surface area contributed by atoms with E-state index < -0.39 is 11.7 Å². The fraction of sp³-hybridized carbons (Fsp3) is 0.192. The standard InChI is InChI=1S/C26H25FN8O2/c1-15(36)34(4)35(14-17-12-29-25(32(17)2)16-8-6-5-7-9-16)26(37)18-10-19-22(11-21(18)27)31-24(28)20-13-30-33(3)23(19)20/h5-13H,14H2,1-4H3,(H2,28,31). The van der Waals surface area contributed by atoms with E-state index >= 15 is 4.39 Å². The average Bonchev–Trinajstić information content (AvgIpc) is 3.45. The van der Waals surface area contributed by atoms with Crippen molar-refractivity contribution in [1.82, 2.24) is 34.3 Å². The molecule has 0 aliphatic heterocycles. The van der Waals surface area contributed by atoms with Gasteiger partial charge in [0.05, 0.1) is 46.6 Å². The fourth-order valence-electron chi connectivity index (χ4n) is 4.37. The predicted molar refractivity (Wildman–Crippen MR) is 137 cm³/mol. The van der Waals surface area contributed by atoms with Gasteiger partial charge in [0, 0.05) is 45.1 Å². The number of pyridine rings is 1. The molecule has 2 aromatic carbocycles. The number of hydrogen-bond donors (Lipinski definition) is 1. The molecule has 0 radical (unpaired) electrons. The zero-order valence-electron chi connectivity index (χ0n) is 20.8. The maximum atomic E-state index is 15.3. The quantitative estimate of drug-likeness (QED) is 0.379. The van der Waals surface area contributed by atoms with Crippen molar-refractivity contribution in [2.45, 2.75) is 13.5 Å². The Morgan fingerprint density at radius 1 is 1.08 bits per heavy atom. The highest BCUT2D eigenvalue weighted by Crippen LogP contribution is 2.30. The summed E-state index contributed by atoms with van der Waals surface area (Å²) >= 11 is 0. The van der Waals surface area contributed by atoms with Crippen molar-refractivity contribution >= 4 is 39.4 Å². The van der Waals surface area contributed by atoms with Crippen LogP contribution in [0, 0.1) is 5.82 Å². The Morgan fingerprint density at radius 2 is 1.81 bits per heavy atom. The second-order valence-electron chi connectivity index (χ2n) is 8.78. The van der Waals surface area contributed by atoms with Crippen LogP contribution in [0.25, 0.3) is 33.2 Å². The maximum absolute atomic E-state index is 15.3. The van der Waals surface area contributed by atoms with Crippen LogP contribution in [0.15, 0.2) is 54.9 Å². The van der Waals surface area contributed by atoms with Gasteiger partial charge in [-0.15, -0.1) is 0 Å². The van der Waals surface area contributed by atoms with Crippen LogP contribution in [-0.4, -0.2) is 53.2 Å². The first-order valence-corrected chi connectivity index (χ1v) is 11.5. The number of anilines is 1. The third kappa shape index (κ3) is 4.03. The smallest absolute Gasteiger partial charge is 0.275 e. The summed E-state index contributed by atoms with van der Waals surface area (Å²) in [5.74, 6) is -0.928. The highest BCUT2D eigenvalue weighted by Gasteiger charge is 2.27. The summed E-state index contributed by atoms with van der Waals surface area (Å²) in [7, 11) is 5.02. The number of nitrogens with two attached hydrogens (primary N) is 1. The molecule has 0 bridgehead atoms. The van der Waals surface area contributed by atoms with Crippen LogP contribution in [0.1, 0.15) is 23.0 Å². The van der Waals surface area contributed by atoms with Crippen molar-refractivity contribution in [2.24, 2.45) is 14.1 Å². The van der Waals surface area contributed by atoms with Gasteiger partial charge in [-0.2, -0.15) is 5.10 Å². The predicted octanol–water partition coefficient (Wildman–Crippen LogP) is 3.28. The number of halogens is 1. The summed E-state index contributed by atoms with van der Waals surface area (Å²) in [5.41, 5.74) is 8.31. The SMILES string of the molecule is CC(=O)N(C)N(Cc1cnc(-c2ccccc2)n1C)C(=O)c1cc2c(cc1F)nc(N)c1cnn(C)c12. The average molecular weight is 501 g/mol. The lowest BCUT2D eigenvalue weighted by molar-refractivity contribution is -0.140. The van der Waals surface area contributed by atoms with Crippen LogP contribution >= 0.6 is 0 Å². The molecule has 11 heteroatoms. The highest BCUT2D eigenvalue weighted by molar-refractivity contribution is 6.10. The van der Waals surface area contributed by atoms with Gasteiger partial charge in [0.25, 0.3) is 5.91 Å². The van der Waals surface area contributed by atoms with Crippen molar-refractivity contribution < 1.29 is 14.0 Å². The van der Waals surface area contributed by atoms with Gasteiger partial charge in [-0.1, -0.05) is 30.3 Å². The second kappa shape index (κ2) is 9.01. The Bertz CT molecular complexity index is 1680. The van der Waals surface area contributed by atoms with Gasteiger partial charge in [0.2, 0.25) is 5.91 Å². The monoisotopic (exact) mass is 500 g/mol. The molecule has 0 saturated heterocycles. The minimum absolute atomic E-state index is 0.0101. The Labute approximate surface area is 211 Å². The van der Waals surface area contributed by atoms with E-state index in [0.717, 1.165) is 5.56 Å². The number of benzene rings is 2. The number of aryl methyl sites for hydroxylation is 1. The summed E-state index contributed by atoms with van der Waals surface area (Å²) in [6.45, 7) is 1.32. The van der Waals surface area contributed by atoms with E-state index in [-0.39, 0.29) is 23.8 Å². The van der Waals surface area contributed by atoms with E-state index in [1.807, 2.05) is 41.9 Å². The number of hydrogen-bond acceptors (Lipinski definition) is 6. The van der Waals surface area contributed by atoms with Gasteiger partial charge in [-0.3, -0.25) is 19.3 Å². The number of carbonyl (C=O) groups excluding carboxylic acids is 2. The number of nitrogens with zero attached hydrogens (tertiary/aromatic N) is 7. The molecule has 3 aromatic heterocycles. The second-order valence-corrected chi connectivity index (χ2v) is 8.78. The summed E-state index contributed by atoms with van der Waals surface area (Å²) in [6, 6.07) is 12.2. The molecule has 0 fully saturated rings. The number of aromatic nitrogens is 5. The first kappa shape index (κ1) is 23.9. The molecule has 0 atom stereocenters. The van der Waals surface area contributed by atoms with Gasteiger partial charge >= 0.3 is 0 Å². The zero-order chi connectivity index (χ0) is 26.4. The summed E-state index contributed by atoms with van der Waals surface area (Å²) in [5, 5.41) is 7.71. The fourth-order valence-corrected chi connectivity index (χ4v) is 4.37. The lowest BCUT2D eigenvalue weighted by atomic mass is 10.1. The van der Waals surface area contributed by atoms with Crippen molar-refractivity contribution in [1.29, 1.82) is 0 Å². The molecule has 0 aliphatic carbocycles. The van der Waals surface area contributed by atoms with Crippen LogP contribution in [0.2, 0.25) is 0 Å². The van der Waals surface area contributed by atoms with Gasteiger partial charge in [0.15, 0.2) is 0 Å². The van der Waals surface area contributed by atoms with E-state index in [1.165, 1.54) is 36.1 Å². The number of carbonyl (C=O) groups is 2. The third-order valence-corrected chi connectivity index (χ3v) is 6.51. The number of imidazole rings is 1. The minimum atomic E-state index is -0.775. The molecule has 2 N–H and O–H groups in total. The minimum Gasteiger partial charge on any atom is -0.383 e. The van der Waals surface area contributed by atoms with Crippen LogP contribution in [-0.2, 0) is 25.4 Å². The summed E-state index contributed by atoms with van der Waals surface area (Å²) < 4.78 is 18.8. The van der Waals surface area contributed by atoms with Crippen LogP contribution in [0.4, 0.5) is 10.2 Å². The van der Waals surface area contributed by atoms with Crippen LogP contribution in [0.3, 0.4) is 0 Å². The molecular weight excluding hydrogens is 475 g/mol. The Morgan fingerprint density at radius 3 is 2.51 bits per heavy atom. The molecule has 10 nitrogen and oxygen atoms in total. The lowest BCUT2D eigenvalue weighted by Gasteiger charge is -2.31. The van der Waals surface area contributed by atoms with E-state index in [2.05, 4.69) is 15.1 Å². The van der Waals surface area contributed by atoms with Gasteiger partial charge in [-0.05, 0) is 6.07 Å². The first-order valence-electron chi connectivity index (χ1n) is 11.5. The normalized spacial score (nSPS) is 11.3. The molecule has 0 saturated carbocycles. The van der Waals surface area contributed by atoms with E-state index in [1.54, 1.807) is 24.1 Å². The van der Waals surface area contributed by atoms with E-state index in [4.69, 9.17) is 5.73 Å². The summed E-state index contributed by atoms with van der Waals surface area (Å²) in [6.07, 6.45) is 3.21. The molecular formula is C26H25FN8O2. The zero-order valence-corrected chi connectivity index (χ0v) is 20.8. The van der Waals surface area contributed by atoms with Crippen molar-refractivity contribution in [3.8, 4) is 11.4 Å². The Hall–Kier alpha value is -4.80. The third-order valence-electron chi connectivity index (χ3n) is 6.51.